The van der Waals surface area contributed by atoms with Crippen LogP contribution in [0.25, 0.3) is 0 Å². The summed E-state index contributed by atoms with van der Waals surface area (Å²) >= 11 is 10.8. The summed E-state index contributed by atoms with van der Waals surface area (Å²) in [6.07, 6.45) is 2.05. The topological polar surface area (TPSA) is 89.3 Å². The summed E-state index contributed by atoms with van der Waals surface area (Å²) in [4.78, 5) is 0.112. The molecular formula is C12H17ClN2O3S3. The van der Waals surface area contributed by atoms with Crippen LogP contribution < -0.4 is 10.5 Å². The van der Waals surface area contributed by atoms with Crippen molar-refractivity contribution in [3.05, 3.63) is 28.8 Å². The van der Waals surface area contributed by atoms with E-state index in [2.05, 4.69) is 4.72 Å². The first-order valence-corrected chi connectivity index (χ1v) is 10.0. The van der Waals surface area contributed by atoms with Gasteiger partial charge in [-0.25, -0.2) is 13.1 Å². The molecule has 0 aliphatic heterocycles. The summed E-state index contributed by atoms with van der Waals surface area (Å²) in [6.45, 7) is 1.71. The molecule has 5 nitrogen and oxygen atoms in total. The molecule has 1 aromatic rings. The zero-order valence-corrected chi connectivity index (χ0v) is 14.8. The molecule has 0 aliphatic rings. The van der Waals surface area contributed by atoms with Crippen molar-refractivity contribution in [2.45, 2.75) is 24.3 Å². The first-order chi connectivity index (χ1) is 9.63. The molecule has 0 bridgehead atoms. The van der Waals surface area contributed by atoms with Gasteiger partial charge in [0.2, 0.25) is 10.0 Å². The van der Waals surface area contributed by atoms with Crippen LogP contribution in [-0.2, 0) is 20.8 Å². The molecule has 0 saturated carbocycles. The Bertz CT molecular complexity index is 662. The minimum atomic E-state index is -3.75. The molecule has 0 heterocycles. The number of halogens is 1. The van der Waals surface area contributed by atoms with E-state index in [4.69, 9.17) is 29.6 Å². The zero-order chi connectivity index (χ0) is 16.2. The Kier molecular flexibility index (Phi) is 6.73. The number of thiocarbonyl (C=S) groups is 1. The highest BCUT2D eigenvalue weighted by Crippen LogP contribution is 2.23. The van der Waals surface area contributed by atoms with E-state index >= 15 is 0 Å². The predicted molar refractivity (Wildman–Crippen MR) is 90.7 cm³/mol. The Labute approximate surface area is 137 Å². The largest absolute Gasteiger partial charge is 0.389 e. The van der Waals surface area contributed by atoms with Crippen LogP contribution in [0.4, 0.5) is 0 Å². The molecule has 118 valence electrons. The van der Waals surface area contributed by atoms with E-state index in [0.29, 0.717) is 17.7 Å². The second kappa shape index (κ2) is 7.64. The Morgan fingerprint density at radius 3 is 2.62 bits per heavy atom. The third-order valence-electron chi connectivity index (χ3n) is 2.70. The van der Waals surface area contributed by atoms with Crippen LogP contribution in [0.5, 0.6) is 0 Å². The average molecular weight is 369 g/mol. The van der Waals surface area contributed by atoms with Gasteiger partial charge in [-0.1, -0.05) is 29.9 Å². The molecule has 0 aromatic heterocycles. The molecule has 1 rings (SSSR count). The number of sulfonamides is 1. The summed E-state index contributed by atoms with van der Waals surface area (Å²) in [7, 11) is -4.71. The number of nitrogens with one attached hydrogen (secondary N) is 1. The fraction of sp³-hybridized carbons (Fsp3) is 0.417. The maximum absolute atomic E-state index is 12.3. The number of hydrogen-bond acceptors (Lipinski definition) is 4. The zero-order valence-electron chi connectivity index (χ0n) is 11.6. The van der Waals surface area contributed by atoms with Gasteiger partial charge in [0.25, 0.3) is 0 Å². The van der Waals surface area contributed by atoms with Gasteiger partial charge in [0.1, 0.15) is 9.88 Å². The molecule has 3 N–H and O–H groups in total. The predicted octanol–water partition coefficient (Wildman–Crippen LogP) is 1.41. The fourth-order valence-corrected chi connectivity index (χ4v) is 4.24. The Hall–Kier alpha value is -0.540. The van der Waals surface area contributed by atoms with Gasteiger partial charge in [-0.2, -0.15) is 0 Å². The van der Waals surface area contributed by atoms with Crippen molar-refractivity contribution in [1.82, 2.24) is 4.72 Å². The van der Waals surface area contributed by atoms with Crippen molar-refractivity contribution in [2.75, 3.05) is 12.0 Å². The quantitative estimate of drug-likeness (QED) is 0.710. The van der Waals surface area contributed by atoms with Crippen LogP contribution >= 0.6 is 23.8 Å². The number of benzene rings is 1. The molecule has 9 heteroatoms. The fourth-order valence-electron chi connectivity index (χ4n) is 1.60. The molecule has 0 aliphatic carbocycles. The van der Waals surface area contributed by atoms with Gasteiger partial charge in [0.15, 0.2) is 0 Å². The van der Waals surface area contributed by atoms with Crippen LogP contribution in [0.2, 0.25) is 5.02 Å². The summed E-state index contributed by atoms with van der Waals surface area (Å²) in [5, 5.41) is 0.0547. The molecule has 21 heavy (non-hydrogen) atoms. The van der Waals surface area contributed by atoms with Gasteiger partial charge < -0.3 is 5.73 Å². The number of rotatable bonds is 7. The molecule has 0 saturated heterocycles. The highest BCUT2D eigenvalue weighted by atomic mass is 35.5. The minimum absolute atomic E-state index is 0.0337. The summed E-state index contributed by atoms with van der Waals surface area (Å²) in [5.41, 5.74) is 5.97. The number of hydrogen-bond donors (Lipinski definition) is 2. The van der Waals surface area contributed by atoms with E-state index in [1.54, 1.807) is 13.2 Å². The van der Waals surface area contributed by atoms with Crippen LogP contribution in [0.1, 0.15) is 18.9 Å². The lowest BCUT2D eigenvalue weighted by molar-refractivity contribution is 0.556. The van der Waals surface area contributed by atoms with E-state index in [1.165, 1.54) is 18.2 Å². The van der Waals surface area contributed by atoms with Crippen LogP contribution in [0, 0.1) is 0 Å². The summed E-state index contributed by atoms with van der Waals surface area (Å²) < 4.78 is 38.0. The molecule has 2 unspecified atom stereocenters. The smallest absolute Gasteiger partial charge is 0.242 e. The van der Waals surface area contributed by atoms with Gasteiger partial charge in [-0.05, 0) is 25.5 Å². The van der Waals surface area contributed by atoms with E-state index in [-0.39, 0.29) is 20.9 Å². The molecule has 1 aromatic carbocycles. The van der Waals surface area contributed by atoms with E-state index in [9.17, 15) is 12.6 Å². The van der Waals surface area contributed by atoms with Crippen LogP contribution in [0.3, 0.4) is 0 Å². The number of nitrogens with two attached hydrogens (primary N) is 1. The molecular weight excluding hydrogens is 352 g/mol. The standard InChI is InChI=1S/C12H17ClN2O3S3/c1-8(5-6-20(2)16)15-21(17,18)11-4-3-9(12(14)19)7-10(11)13/h3-4,7-8,15H,5-6H2,1-2H3,(H2,14,19). The average Bonchev–Trinajstić information content (AvgIpc) is 2.35. The third-order valence-corrected chi connectivity index (χ3v) is 5.82. The molecule has 0 fully saturated rings. The van der Waals surface area contributed by atoms with Crippen molar-refractivity contribution in [3.63, 3.8) is 0 Å². The third kappa shape index (κ3) is 5.63. The van der Waals surface area contributed by atoms with Crippen LogP contribution in [-0.4, -0.2) is 35.7 Å². The molecule has 0 amide bonds. The summed E-state index contributed by atoms with van der Waals surface area (Å²) in [5.74, 6) is 0.428. The van der Waals surface area contributed by atoms with E-state index in [1.807, 2.05) is 0 Å². The second-order valence-electron chi connectivity index (χ2n) is 4.60. The van der Waals surface area contributed by atoms with E-state index < -0.39 is 20.8 Å². The lowest BCUT2D eigenvalue weighted by atomic mass is 10.2. The lowest BCUT2D eigenvalue weighted by Crippen LogP contribution is -2.33. The van der Waals surface area contributed by atoms with E-state index in [0.717, 1.165) is 0 Å². The van der Waals surface area contributed by atoms with Crippen molar-refractivity contribution >= 4 is 49.6 Å². The van der Waals surface area contributed by atoms with Crippen molar-refractivity contribution in [1.29, 1.82) is 0 Å². The first kappa shape index (κ1) is 18.5. The Balaban J connectivity index is 2.93. The van der Waals surface area contributed by atoms with Gasteiger partial charge in [0, 0.05) is 34.4 Å². The molecule has 0 spiro atoms. The normalized spacial score (nSPS) is 14.6. The van der Waals surface area contributed by atoms with Crippen molar-refractivity contribution in [3.8, 4) is 0 Å². The second-order valence-corrected chi connectivity index (χ2v) is 8.68. The SMILES string of the molecule is CC(CCS(C)=O)NS(=O)(=O)c1ccc(C(N)=S)cc1Cl. The Morgan fingerprint density at radius 1 is 1.52 bits per heavy atom. The maximum atomic E-state index is 12.3. The van der Waals surface area contributed by atoms with Gasteiger partial charge >= 0.3 is 0 Å². The monoisotopic (exact) mass is 368 g/mol. The van der Waals surface area contributed by atoms with Gasteiger partial charge in [0.05, 0.1) is 5.02 Å². The molecule has 2 atom stereocenters. The molecule has 0 radical (unpaired) electrons. The van der Waals surface area contributed by atoms with Crippen LogP contribution in [0.15, 0.2) is 23.1 Å². The van der Waals surface area contributed by atoms with Crippen molar-refractivity contribution < 1.29 is 12.6 Å². The maximum Gasteiger partial charge on any atom is 0.242 e. The highest BCUT2D eigenvalue weighted by molar-refractivity contribution is 7.89. The minimum Gasteiger partial charge on any atom is -0.389 e. The lowest BCUT2D eigenvalue weighted by Gasteiger charge is -2.14. The highest BCUT2D eigenvalue weighted by Gasteiger charge is 2.21. The summed E-state index contributed by atoms with van der Waals surface area (Å²) in [6, 6.07) is 3.95. The van der Waals surface area contributed by atoms with Crippen molar-refractivity contribution in [2.24, 2.45) is 5.73 Å². The Morgan fingerprint density at radius 2 is 2.14 bits per heavy atom. The van der Waals surface area contributed by atoms with Gasteiger partial charge in [-0.15, -0.1) is 0 Å². The first-order valence-electron chi connectivity index (χ1n) is 6.05. The van der Waals surface area contributed by atoms with Gasteiger partial charge in [-0.3, -0.25) is 4.21 Å².